The van der Waals surface area contributed by atoms with E-state index in [-0.39, 0.29) is 30.7 Å². The van der Waals surface area contributed by atoms with E-state index >= 15 is 0 Å². The standard InChI is InChI=1S/C21H25N3OS.2ClH/c25-21(24-14-4-5-18(24)16-23-12-1-2-13-23)17-7-9-19(10-8-17)26-20-6-3-11-22-15-20;;/h3,6-11,15,18H,1-2,4-5,12-14,16H2;2*1H. The van der Waals surface area contributed by atoms with E-state index in [1.807, 2.05) is 42.6 Å². The van der Waals surface area contributed by atoms with E-state index in [4.69, 9.17) is 0 Å². The molecule has 0 N–H and O–H groups in total. The lowest BCUT2D eigenvalue weighted by Gasteiger charge is -2.28. The molecule has 1 aromatic carbocycles. The van der Waals surface area contributed by atoms with Crippen LogP contribution >= 0.6 is 36.6 Å². The molecule has 152 valence electrons. The lowest BCUT2D eigenvalue weighted by atomic mass is 10.1. The van der Waals surface area contributed by atoms with Gasteiger partial charge in [0.15, 0.2) is 0 Å². The second-order valence-electron chi connectivity index (χ2n) is 7.12. The van der Waals surface area contributed by atoms with Crippen molar-refractivity contribution in [3.63, 3.8) is 0 Å². The van der Waals surface area contributed by atoms with Gasteiger partial charge in [0.05, 0.1) is 0 Å². The predicted octanol–water partition coefficient (Wildman–Crippen LogP) is 4.78. The molecule has 1 unspecified atom stereocenters. The Morgan fingerprint density at radius 3 is 2.43 bits per heavy atom. The van der Waals surface area contributed by atoms with Crippen LogP contribution in [0, 0.1) is 0 Å². The summed E-state index contributed by atoms with van der Waals surface area (Å²) in [4.78, 5) is 24.0. The number of likely N-dealkylation sites (tertiary alicyclic amines) is 2. The fraction of sp³-hybridized carbons (Fsp3) is 0.429. The van der Waals surface area contributed by atoms with Crippen LogP contribution in [0.25, 0.3) is 0 Å². The molecule has 1 atom stereocenters. The molecule has 1 aromatic heterocycles. The lowest BCUT2D eigenvalue weighted by Crippen LogP contribution is -2.42. The van der Waals surface area contributed by atoms with Gasteiger partial charge in [-0.15, -0.1) is 24.8 Å². The summed E-state index contributed by atoms with van der Waals surface area (Å²) in [6.07, 6.45) is 8.50. The molecule has 2 saturated heterocycles. The number of carbonyl (C=O) groups excluding carboxylic acids is 1. The molecule has 0 spiro atoms. The molecule has 7 heteroatoms. The average molecular weight is 440 g/mol. The van der Waals surface area contributed by atoms with E-state index in [1.165, 1.54) is 25.9 Å². The second-order valence-corrected chi connectivity index (χ2v) is 8.26. The van der Waals surface area contributed by atoms with Crippen molar-refractivity contribution in [2.24, 2.45) is 0 Å². The number of rotatable bonds is 5. The Labute approximate surface area is 183 Å². The van der Waals surface area contributed by atoms with Crippen molar-refractivity contribution >= 4 is 42.5 Å². The molecule has 3 heterocycles. The van der Waals surface area contributed by atoms with Gasteiger partial charge >= 0.3 is 0 Å². The van der Waals surface area contributed by atoms with Crippen LogP contribution in [-0.2, 0) is 0 Å². The fourth-order valence-electron chi connectivity index (χ4n) is 3.93. The van der Waals surface area contributed by atoms with Crippen LogP contribution in [0.15, 0.2) is 58.6 Å². The summed E-state index contributed by atoms with van der Waals surface area (Å²) in [5, 5.41) is 0. The van der Waals surface area contributed by atoms with Gasteiger partial charge in [0, 0.05) is 46.9 Å². The van der Waals surface area contributed by atoms with E-state index in [0.29, 0.717) is 6.04 Å². The molecule has 2 aliphatic rings. The zero-order valence-corrected chi connectivity index (χ0v) is 18.3. The summed E-state index contributed by atoms with van der Waals surface area (Å²) in [6, 6.07) is 12.4. The number of aromatic nitrogens is 1. The predicted molar refractivity (Wildman–Crippen MR) is 119 cm³/mol. The Morgan fingerprint density at radius 1 is 1.00 bits per heavy atom. The van der Waals surface area contributed by atoms with Gasteiger partial charge in [-0.1, -0.05) is 11.8 Å². The molecule has 1 amide bonds. The first-order valence-corrected chi connectivity index (χ1v) is 10.3. The largest absolute Gasteiger partial charge is 0.334 e. The first kappa shape index (κ1) is 23.0. The summed E-state index contributed by atoms with van der Waals surface area (Å²) < 4.78 is 0. The Kier molecular flexibility index (Phi) is 9.09. The zero-order valence-electron chi connectivity index (χ0n) is 15.8. The number of hydrogen-bond donors (Lipinski definition) is 0. The first-order valence-electron chi connectivity index (χ1n) is 9.51. The van der Waals surface area contributed by atoms with Crippen LogP contribution in [0.5, 0.6) is 0 Å². The van der Waals surface area contributed by atoms with Crippen LogP contribution in [0.3, 0.4) is 0 Å². The number of carbonyl (C=O) groups is 1. The van der Waals surface area contributed by atoms with Gasteiger partial charge in [0.2, 0.25) is 0 Å². The minimum atomic E-state index is 0. The van der Waals surface area contributed by atoms with Gasteiger partial charge in [0.25, 0.3) is 5.91 Å². The van der Waals surface area contributed by atoms with Gasteiger partial charge in [-0.2, -0.15) is 0 Å². The Hall–Kier alpha value is -1.27. The Morgan fingerprint density at radius 2 is 1.75 bits per heavy atom. The highest BCUT2D eigenvalue weighted by Crippen LogP contribution is 2.28. The van der Waals surface area contributed by atoms with Crippen molar-refractivity contribution in [1.29, 1.82) is 0 Å². The van der Waals surface area contributed by atoms with Gasteiger partial charge < -0.3 is 9.80 Å². The molecule has 4 rings (SSSR count). The lowest BCUT2D eigenvalue weighted by molar-refractivity contribution is 0.0708. The van der Waals surface area contributed by atoms with Crippen LogP contribution in [-0.4, -0.2) is 52.9 Å². The first-order chi connectivity index (χ1) is 12.8. The van der Waals surface area contributed by atoms with Crippen LogP contribution in [0.4, 0.5) is 0 Å². The van der Waals surface area contributed by atoms with E-state index in [2.05, 4.69) is 14.8 Å². The molecule has 4 nitrogen and oxygen atoms in total. The SMILES string of the molecule is Cl.Cl.O=C(c1ccc(Sc2cccnc2)cc1)N1CCCC1CN1CCCC1. The van der Waals surface area contributed by atoms with Crippen LogP contribution in [0.1, 0.15) is 36.0 Å². The molecule has 0 bridgehead atoms. The van der Waals surface area contributed by atoms with Crippen molar-refractivity contribution in [2.45, 2.75) is 41.5 Å². The third-order valence-electron chi connectivity index (χ3n) is 5.28. The molecule has 0 radical (unpaired) electrons. The van der Waals surface area contributed by atoms with Crippen molar-refractivity contribution in [3.05, 3.63) is 54.4 Å². The normalized spacial score (nSPS) is 19.1. The van der Waals surface area contributed by atoms with E-state index < -0.39 is 0 Å². The topological polar surface area (TPSA) is 36.4 Å². The van der Waals surface area contributed by atoms with Gasteiger partial charge in [0.1, 0.15) is 0 Å². The van der Waals surface area contributed by atoms with Crippen molar-refractivity contribution in [1.82, 2.24) is 14.8 Å². The maximum Gasteiger partial charge on any atom is 0.254 e. The monoisotopic (exact) mass is 439 g/mol. The van der Waals surface area contributed by atoms with Crippen LogP contribution in [0.2, 0.25) is 0 Å². The summed E-state index contributed by atoms with van der Waals surface area (Å²) in [5.41, 5.74) is 0.800. The molecule has 28 heavy (non-hydrogen) atoms. The molecular formula is C21H27Cl2N3OS. The molecule has 2 fully saturated rings. The minimum Gasteiger partial charge on any atom is -0.334 e. The second kappa shape index (κ2) is 11.1. The van der Waals surface area contributed by atoms with Crippen LogP contribution < -0.4 is 0 Å². The van der Waals surface area contributed by atoms with Gasteiger partial charge in [-0.05, 0) is 75.2 Å². The zero-order chi connectivity index (χ0) is 17.8. The number of nitrogens with zero attached hydrogens (tertiary/aromatic N) is 3. The maximum absolute atomic E-state index is 13.0. The number of halogens is 2. The summed E-state index contributed by atoms with van der Waals surface area (Å²) in [5.74, 6) is 0.185. The molecule has 0 aliphatic carbocycles. The average Bonchev–Trinajstić information content (AvgIpc) is 3.35. The highest BCUT2D eigenvalue weighted by atomic mass is 35.5. The smallest absolute Gasteiger partial charge is 0.254 e. The molecule has 0 saturated carbocycles. The third-order valence-corrected chi connectivity index (χ3v) is 6.26. The summed E-state index contributed by atoms with van der Waals surface area (Å²) >= 11 is 1.67. The number of amides is 1. The number of benzene rings is 1. The Balaban J connectivity index is 0.00000140. The van der Waals surface area contributed by atoms with Gasteiger partial charge in [-0.3, -0.25) is 9.78 Å². The summed E-state index contributed by atoms with van der Waals surface area (Å²) in [7, 11) is 0. The highest BCUT2D eigenvalue weighted by molar-refractivity contribution is 7.99. The van der Waals surface area contributed by atoms with Crippen molar-refractivity contribution in [3.8, 4) is 0 Å². The molecular weight excluding hydrogens is 413 g/mol. The molecule has 2 aliphatic heterocycles. The number of hydrogen-bond acceptors (Lipinski definition) is 4. The minimum absolute atomic E-state index is 0. The third kappa shape index (κ3) is 5.63. The summed E-state index contributed by atoms with van der Waals surface area (Å²) in [6.45, 7) is 4.32. The van der Waals surface area contributed by atoms with Crippen molar-refractivity contribution < 1.29 is 4.79 Å². The number of pyridine rings is 1. The van der Waals surface area contributed by atoms with Gasteiger partial charge in [-0.25, -0.2) is 0 Å². The Bertz CT molecular complexity index is 739. The highest BCUT2D eigenvalue weighted by Gasteiger charge is 2.31. The van der Waals surface area contributed by atoms with E-state index in [1.54, 1.807) is 18.0 Å². The maximum atomic E-state index is 13.0. The quantitative estimate of drug-likeness (QED) is 0.671. The van der Waals surface area contributed by atoms with E-state index in [9.17, 15) is 4.79 Å². The van der Waals surface area contributed by atoms with E-state index in [0.717, 1.165) is 41.3 Å². The van der Waals surface area contributed by atoms with Crippen molar-refractivity contribution in [2.75, 3.05) is 26.2 Å². The molecule has 2 aromatic rings. The fourth-order valence-corrected chi connectivity index (χ4v) is 4.74.